The van der Waals surface area contributed by atoms with Crippen molar-refractivity contribution in [1.82, 2.24) is 0 Å². The first kappa shape index (κ1) is 13.9. The molecular formula is C15H11BrF2O. The van der Waals surface area contributed by atoms with Crippen molar-refractivity contribution < 1.29 is 13.6 Å². The van der Waals surface area contributed by atoms with Gasteiger partial charge in [0.15, 0.2) is 5.78 Å². The van der Waals surface area contributed by atoms with E-state index in [0.717, 1.165) is 16.1 Å². The second-order valence-corrected chi connectivity index (χ2v) is 5.11. The van der Waals surface area contributed by atoms with E-state index in [1.165, 1.54) is 12.1 Å². The number of benzene rings is 2. The van der Waals surface area contributed by atoms with Crippen LogP contribution in [0.15, 0.2) is 40.9 Å². The molecule has 2 aromatic rings. The predicted molar refractivity (Wildman–Crippen MR) is 73.3 cm³/mol. The molecule has 0 heterocycles. The SMILES string of the molecule is Cc1cccc(C(=O)Cc2cc(F)cc(F)c2)c1Br. The summed E-state index contributed by atoms with van der Waals surface area (Å²) in [6.07, 6.45) is -0.0310. The van der Waals surface area contributed by atoms with E-state index in [4.69, 9.17) is 0 Å². The molecular weight excluding hydrogens is 314 g/mol. The van der Waals surface area contributed by atoms with Crippen LogP contribution in [-0.4, -0.2) is 5.78 Å². The minimum atomic E-state index is -0.675. The van der Waals surface area contributed by atoms with Gasteiger partial charge in [0, 0.05) is 22.5 Å². The molecule has 4 heteroatoms. The molecule has 0 aliphatic rings. The van der Waals surface area contributed by atoms with E-state index in [-0.39, 0.29) is 12.2 Å². The number of carbonyl (C=O) groups excluding carboxylic acids is 1. The van der Waals surface area contributed by atoms with Crippen LogP contribution in [0.25, 0.3) is 0 Å². The number of carbonyl (C=O) groups is 1. The fourth-order valence-corrected chi connectivity index (χ4v) is 2.34. The topological polar surface area (TPSA) is 17.1 Å². The van der Waals surface area contributed by atoms with E-state index in [9.17, 15) is 13.6 Å². The fourth-order valence-electron chi connectivity index (χ4n) is 1.86. The van der Waals surface area contributed by atoms with Crippen LogP contribution in [-0.2, 0) is 6.42 Å². The van der Waals surface area contributed by atoms with Crippen LogP contribution in [0.4, 0.5) is 8.78 Å². The lowest BCUT2D eigenvalue weighted by atomic mass is 10.0. The molecule has 2 aromatic carbocycles. The molecule has 0 radical (unpaired) electrons. The molecule has 0 spiro atoms. The first-order valence-electron chi connectivity index (χ1n) is 5.70. The van der Waals surface area contributed by atoms with Gasteiger partial charge in [-0.3, -0.25) is 4.79 Å². The summed E-state index contributed by atoms with van der Waals surface area (Å²) in [4.78, 5) is 12.1. The van der Waals surface area contributed by atoms with Gasteiger partial charge in [-0.1, -0.05) is 18.2 Å². The van der Waals surface area contributed by atoms with Gasteiger partial charge in [-0.05, 0) is 46.1 Å². The Morgan fingerprint density at radius 3 is 2.42 bits per heavy atom. The highest BCUT2D eigenvalue weighted by molar-refractivity contribution is 9.10. The Balaban J connectivity index is 2.28. The molecule has 0 N–H and O–H groups in total. The summed E-state index contributed by atoms with van der Waals surface area (Å²) in [6, 6.07) is 8.48. The summed E-state index contributed by atoms with van der Waals surface area (Å²) < 4.78 is 26.8. The number of ketones is 1. The first-order valence-corrected chi connectivity index (χ1v) is 6.50. The summed E-state index contributed by atoms with van der Waals surface area (Å²) in [5.74, 6) is -1.53. The number of hydrogen-bond acceptors (Lipinski definition) is 1. The highest BCUT2D eigenvalue weighted by Gasteiger charge is 2.13. The maximum absolute atomic E-state index is 13.1. The van der Waals surface area contributed by atoms with Crippen molar-refractivity contribution in [2.24, 2.45) is 0 Å². The van der Waals surface area contributed by atoms with E-state index in [1.807, 2.05) is 13.0 Å². The predicted octanol–water partition coefficient (Wildman–Crippen LogP) is 4.46. The molecule has 0 bridgehead atoms. The molecule has 19 heavy (non-hydrogen) atoms. The van der Waals surface area contributed by atoms with Crippen LogP contribution in [0.2, 0.25) is 0 Å². The molecule has 98 valence electrons. The molecule has 0 saturated heterocycles. The highest BCUT2D eigenvalue weighted by Crippen LogP contribution is 2.23. The minimum Gasteiger partial charge on any atom is -0.294 e. The molecule has 0 amide bonds. The molecule has 0 aliphatic carbocycles. The van der Waals surface area contributed by atoms with E-state index in [2.05, 4.69) is 15.9 Å². The lowest BCUT2D eigenvalue weighted by Crippen LogP contribution is -2.05. The van der Waals surface area contributed by atoms with Crippen LogP contribution >= 0.6 is 15.9 Å². The first-order chi connectivity index (χ1) is 8.97. The van der Waals surface area contributed by atoms with Crippen molar-refractivity contribution in [2.75, 3.05) is 0 Å². The van der Waals surface area contributed by atoms with Crippen LogP contribution in [0.5, 0.6) is 0 Å². The Labute approximate surface area is 118 Å². The Morgan fingerprint density at radius 2 is 1.79 bits per heavy atom. The number of aryl methyl sites for hydroxylation is 1. The van der Waals surface area contributed by atoms with Gasteiger partial charge in [0.05, 0.1) is 0 Å². The van der Waals surface area contributed by atoms with Gasteiger partial charge in [0.2, 0.25) is 0 Å². The maximum atomic E-state index is 13.1. The van der Waals surface area contributed by atoms with Crippen molar-refractivity contribution in [3.05, 3.63) is 69.2 Å². The Kier molecular flexibility index (Phi) is 4.10. The smallest absolute Gasteiger partial charge is 0.168 e. The zero-order valence-electron chi connectivity index (χ0n) is 10.2. The van der Waals surface area contributed by atoms with Gasteiger partial charge < -0.3 is 0 Å². The van der Waals surface area contributed by atoms with Crippen LogP contribution in [0.3, 0.4) is 0 Å². The van der Waals surface area contributed by atoms with Gasteiger partial charge in [0.1, 0.15) is 11.6 Å². The minimum absolute atomic E-state index is 0.0310. The van der Waals surface area contributed by atoms with Gasteiger partial charge in [-0.15, -0.1) is 0 Å². The number of hydrogen-bond donors (Lipinski definition) is 0. The summed E-state index contributed by atoms with van der Waals surface area (Å²) in [6.45, 7) is 1.88. The summed E-state index contributed by atoms with van der Waals surface area (Å²) in [5, 5.41) is 0. The van der Waals surface area contributed by atoms with Gasteiger partial charge >= 0.3 is 0 Å². The highest BCUT2D eigenvalue weighted by atomic mass is 79.9. The third-order valence-electron chi connectivity index (χ3n) is 2.78. The van der Waals surface area contributed by atoms with E-state index < -0.39 is 11.6 Å². The number of rotatable bonds is 3. The van der Waals surface area contributed by atoms with Crippen molar-refractivity contribution in [3.63, 3.8) is 0 Å². The lowest BCUT2D eigenvalue weighted by molar-refractivity contribution is 0.0992. The van der Waals surface area contributed by atoms with E-state index in [1.54, 1.807) is 12.1 Å². The third-order valence-corrected chi connectivity index (χ3v) is 3.83. The van der Waals surface area contributed by atoms with E-state index in [0.29, 0.717) is 11.1 Å². The third kappa shape index (κ3) is 3.26. The summed E-state index contributed by atoms with van der Waals surface area (Å²) in [5.41, 5.74) is 1.79. The maximum Gasteiger partial charge on any atom is 0.168 e. The molecule has 0 fully saturated rings. The van der Waals surface area contributed by atoms with Crippen molar-refractivity contribution in [2.45, 2.75) is 13.3 Å². The molecule has 0 unspecified atom stereocenters. The molecule has 0 saturated carbocycles. The van der Waals surface area contributed by atoms with Crippen LogP contribution < -0.4 is 0 Å². The molecule has 0 aliphatic heterocycles. The molecule has 2 rings (SSSR count). The van der Waals surface area contributed by atoms with Crippen molar-refractivity contribution in [3.8, 4) is 0 Å². The van der Waals surface area contributed by atoms with Crippen molar-refractivity contribution in [1.29, 1.82) is 0 Å². The van der Waals surface area contributed by atoms with Crippen LogP contribution in [0.1, 0.15) is 21.5 Å². The monoisotopic (exact) mass is 324 g/mol. The Hall–Kier alpha value is -1.55. The van der Waals surface area contributed by atoms with E-state index >= 15 is 0 Å². The standard InChI is InChI=1S/C15H11BrF2O/c1-9-3-2-4-13(15(9)16)14(19)7-10-5-11(17)8-12(18)6-10/h2-6,8H,7H2,1H3. The molecule has 0 atom stereocenters. The Bertz CT molecular complexity index is 618. The van der Waals surface area contributed by atoms with Crippen LogP contribution in [0, 0.1) is 18.6 Å². The summed E-state index contributed by atoms with van der Waals surface area (Å²) in [7, 11) is 0. The average molecular weight is 325 g/mol. The largest absolute Gasteiger partial charge is 0.294 e. The quantitative estimate of drug-likeness (QED) is 0.762. The zero-order valence-corrected chi connectivity index (χ0v) is 11.8. The molecule has 0 aromatic heterocycles. The normalized spacial score (nSPS) is 10.5. The number of halogens is 3. The Morgan fingerprint density at radius 1 is 1.16 bits per heavy atom. The second-order valence-electron chi connectivity index (χ2n) is 4.31. The molecule has 1 nitrogen and oxygen atoms in total. The van der Waals surface area contributed by atoms with Gasteiger partial charge in [0.25, 0.3) is 0 Å². The number of Topliss-reactive ketones (excluding diaryl/α,β-unsaturated/α-hetero) is 1. The second kappa shape index (κ2) is 5.61. The zero-order chi connectivity index (χ0) is 14.0. The van der Waals surface area contributed by atoms with Crippen molar-refractivity contribution >= 4 is 21.7 Å². The van der Waals surface area contributed by atoms with Gasteiger partial charge in [-0.25, -0.2) is 8.78 Å². The lowest BCUT2D eigenvalue weighted by Gasteiger charge is -2.06. The average Bonchev–Trinajstić information content (AvgIpc) is 2.31. The summed E-state index contributed by atoms with van der Waals surface area (Å²) >= 11 is 3.35. The fraction of sp³-hybridized carbons (Fsp3) is 0.133. The van der Waals surface area contributed by atoms with Gasteiger partial charge in [-0.2, -0.15) is 0 Å².